The van der Waals surface area contributed by atoms with Gasteiger partial charge in [-0.2, -0.15) is 0 Å². The van der Waals surface area contributed by atoms with Gasteiger partial charge in [0.25, 0.3) is 5.56 Å². The maximum absolute atomic E-state index is 14.2. The van der Waals surface area contributed by atoms with Crippen LogP contribution < -0.4 is 24.4 Å². The van der Waals surface area contributed by atoms with E-state index in [1.54, 1.807) is 37.5 Å². The van der Waals surface area contributed by atoms with E-state index in [0.717, 1.165) is 23.8 Å². The molecule has 47 heavy (non-hydrogen) atoms. The Balaban J connectivity index is 1.56. The van der Waals surface area contributed by atoms with Crippen LogP contribution in [0.4, 0.5) is 0 Å². The molecule has 12 heteroatoms. The van der Waals surface area contributed by atoms with Gasteiger partial charge in [-0.1, -0.05) is 35.6 Å². The summed E-state index contributed by atoms with van der Waals surface area (Å²) in [6.45, 7) is 8.46. The number of aromatic nitrogens is 1. The number of carbonyl (C=O) groups excluding carboxylic acids is 2. The molecule has 0 spiro atoms. The lowest BCUT2D eigenvalue weighted by Crippen LogP contribution is -2.39. The fourth-order valence-corrected chi connectivity index (χ4v) is 8.19. The summed E-state index contributed by atoms with van der Waals surface area (Å²) in [5.74, 6) is 0.431. The highest BCUT2D eigenvalue weighted by atomic mass is 127. The lowest BCUT2D eigenvalue weighted by molar-refractivity contribution is -0.139. The summed E-state index contributed by atoms with van der Waals surface area (Å²) in [7, 11) is 0. The number of hydrogen-bond acceptors (Lipinski definition) is 9. The average molecular weight is 879 g/mol. The Kier molecular flexibility index (Phi) is 11.6. The second-order valence-electron chi connectivity index (χ2n) is 10.3. The van der Waals surface area contributed by atoms with Gasteiger partial charge in [-0.15, -0.1) is 0 Å². The fourth-order valence-electron chi connectivity index (χ4n) is 5.11. The predicted octanol–water partition coefficient (Wildman–Crippen LogP) is 6.16. The summed E-state index contributed by atoms with van der Waals surface area (Å²) in [4.78, 5) is 44.7. The third-order valence-corrected chi connectivity index (χ3v) is 9.60. The van der Waals surface area contributed by atoms with Gasteiger partial charge in [0.1, 0.15) is 18.1 Å². The van der Waals surface area contributed by atoms with E-state index < -0.39 is 12.0 Å². The molecule has 244 valence electrons. The van der Waals surface area contributed by atoms with Gasteiger partial charge < -0.3 is 18.9 Å². The zero-order chi connectivity index (χ0) is 33.7. The first-order valence-electron chi connectivity index (χ1n) is 14.9. The smallest absolute Gasteiger partial charge is 0.338 e. The van der Waals surface area contributed by atoms with Crippen molar-refractivity contribution in [3.05, 3.63) is 121 Å². The number of esters is 2. The van der Waals surface area contributed by atoms with Crippen LogP contribution in [-0.2, 0) is 20.9 Å². The summed E-state index contributed by atoms with van der Waals surface area (Å²) >= 11 is 5.72. The number of halogens is 2. The quantitative estimate of drug-likeness (QED) is 0.131. The number of thiazole rings is 1. The second kappa shape index (κ2) is 15.6. The van der Waals surface area contributed by atoms with E-state index in [1.165, 1.54) is 11.3 Å². The van der Waals surface area contributed by atoms with Crippen LogP contribution in [0.5, 0.6) is 11.5 Å². The first-order chi connectivity index (χ1) is 22.6. The molecule has 4 aromatic rings. The van der Waals surface area contributed by atoms with Gasteiger partial charge in [-0.3, -0.25) is 9.36 Å². The number of rotatable bonds is 11. The van der Waals surface area contributed by atoms with Crippen molar-refractivity contribution in [2.45, 2.75) is 40.3 Å². The Hall–Kier alpha value is -3.50. The molecule has 0 fully saturated rings. The number of fused-ring (bicyclic) bond motifs is 1. The Morgan fingerprint density at radius 2 is 1.60 bits per heavy atom. The highest BCUT2D eigenvalue weighted by Crippen LogP contribution is 2.33. The molecule has 0 bridgehead atoms. The molecule has 1 aliphatic rings. The number of hydrogen-bond donors (Lipinski definition) is 0. The highest BCUT2D eigenvalue weighted by molar-refractivity contribution is 14.1. The fraction of sp³-hybridized carbons (Fsp3) is 0.257. The van der Waals surface area contributed by atoms with E-state index in [-0.39, 0.29) is 24.7 Å². The largest absolute Gasteiger partial charge is 0.494 e. The molecule has 0 amide bonds. The normalized spacial score (nSPS) is 14.3. The Morgan fingerprint density at radius 3 is 2.26 bits per heavy atom. The third-order valence-electron chi connectivity index (χ3n) is 7.20. The minimum absolute atomic E-state index is 0.194. The molecule has 0 aliphatic carbocycles. The van der Waals surface area contributed by atoms with Crippen molar-refractivity contribution in [1.29, 1.82) is 0 Å². The third kappa shape index (κ3) is 7.81. The molecule has 0 N–H and O–H groups in total. The summed E-state index contributed by atoms with van der Waals surface area (Å²) in [6, 6.07) is 17.7. The van der Waals surface area contributed by atoms with Crippen LogP contribution in [0.25, 0.3) is 6.08 Å². The molecular weight excluding hydrogens is 846 g/mol. The van der Waals surface area contributed by atoms with Crippen molar-refractivity contribution in [2.75, 3.05) is 19.8 Å². The molecule has 1 atom stereocenters. The van der Waals surface area contributed by atoms with Gasteiger partial charge in [0.2, 0.25) is 0 Å². The first kappa shape index (κ1) is 34.8. The van der Waals surface area contributed by atoms with Crippen LogP contribution in [-0.4, -0.2) is 36.3 Å². The molecule has 9 nitrogen and oxygen atoms in total. The average Bonchev–Trinajstić information content (AvgIpc) is 3.34. The molecule has 5 rings (SSSR count). The van der Waals surface area contributed by atoms with E-state index >= 15 is 0 Å². The van der Waals surface area contributed by atoms with Crippen LogP contribution in [0.3, 0.4) is 0 Å². The summed E-state index contributed by atoms with van der Waals surface area (Å²) in [6.07, 6.45) is 1.81. The molecule has 0 saturated carbocycles. The van der Waals surface area contributed by atoms with Gasteiger partial charge >= 0.3 is 11.9 Å². The molecule has 1 aliphatic heterocycles. The predicted molar refractivity (Wildman–Crippen MR) is 197 cm³/mol. The minimum atomic E-state index is -0.729. The zero-order valence-corrected chi connectivity index (χ0v) is 31.3. The number of nitrogens with zero attached hydrogens (tertiary/aromatic N) is 2. The van der Waals surface area contributed by atoms with Crippen molar-refractivity contribution in [2.24, 2.45) is 4.99 Å². The van der Waals surface area contributed by atoms with Crippen molar-refractivity contribution in [3.8, 4) is 11.5 Å². The van der Waals surface area contributed by atoms with E-state index in [1.807, 2.05) is 61.5 Å². The number of allylic oxidation sites excluding steroid dienone is 1. The van der Waals surface area contributed by atoms with Crippen LogP contribution in [0.15, 0.2) is 81.7 Å². The van der Waals surface area contributed by atoms with Gasteiger partial charge in [0, 0.05) is 9.13 Å². The molecule has 0 unspecified atom stereocenters. The van der Waals surface area contributed by atoms with Crippen molar-refractivity contribution in [3.63, 3.8) is 0 Å². The van der Waals surface area contributed by atoms with Crippen LogP contribution in [0.2, 0.25) is 0 Å². The topological polar surface area (TPSA) is 105 Å². The maximum atomic E-state index is 14.2. The zero-order valence-electron chi connectivity index (χ0n) is 26.2. The van der Waals surface area contributed by atoms with Crippen molar-refractivity contribution < 1.29 is 28.5 Å². The molecule has 0 radical (unpaired) electrons. The van der Waals surface area contributed by atoms with Gasteiger partial charge in [0.15, 0.2) is 4.80 Å². The lowest BCUT2D eigenvalue weighted by Gasteiger charge is -2.24. The summed E-state index contributed by atoms with van der Waals surface area (Å²) < 4.78 is 26.3. The van der Waals surface area contributed by atoms with Crippen molar-refractivity contribution >= 4 is 74.5 Å². The van der Waals surface area contributed by atoms with E-state index in [0.29, 0.717) is 50.9 Å². The van der Waals surface area contributed by atoms with E-state index in [9.17, 15) is 14.4 Å². The van der Waals surface area contributed by atoms with Gasteiger partial charge in [-0.05, 0) is 126 Å². The molecule has 1 aromatic heterocycles. The Morgan fingerprint density at radius 1 is 0.915 bits per heavy atom. The second-order valence-corrected chi connectivity index (χ2v) is 13.7. The SMILES string of the molecule is CCOC(=O)C1=C(C)N=c2s/c(=C\c3cc(I)cc(I)c3OCc3ccc(C(=O)OCC)cc3)c(=O)n2[C@@H]1c1ccc(OCC)cc1. The molecule has 2 heterocycles. The van der Waals surface area contributed by atoms with E-state index in [4.69, 9.17) is 18.9 Å². The number of carbonyl (C=O) groups is 2. The monoisotopic (exact) mass is 878 g/mol. The molecular formula is C35H32I2N2O7S. The first-order valence-corrected chi connectivity index (χ1v) is 17.9. The molecule has 0 saturated heterocycles. The standard InChI is InChI=1S/C35H32I2N2O7S/c1-5-43-26-14-12-22(13-15-26)30-29(34(42)45-7-3)20(4)38-35-39(30)32(40)28(47-35)17-24-16-25(36)18-27(37)31(24)46-19-21-8-10-23(11-9-21)33(41)44-6-2/h8-18,30H,5-7,19H2,1-4H3/b28-17-/t30-/m1/s1. The van der Waals surface area contributed by atoms with Crippen molar-refractivity contribution in [1.82, 2.24) is 4.57 Å². The van der Waals surface area contributed by atoms with Crippen LogP contribution in [0.1, 0.15) is 60.8 Å². The van der Waals surface area contributed by atoms with Gasteiger partial charge in [0.05, 0.1) is 50.8 Å². The summed E-state index contributed by atoms with van der Waals surface area (Å²) in [5, 5.41) is 0. The minimum Gasteiger partial charge on any atom is -0.494 e. The molecule has 3 aromatic carbocycles. The lowest BCUT2D eigenvalue weighted by atomic mass is 9.96. The van der Waals surface area contributed by atoms with E-state index in [2.05, 4.69) is 50.2 Å². The van der Waals surface area contributed by atoms with Crippen LogP contribution in [0, 0.1) is 7.14 Å². The Labute approximate surface area is 303 Å². The summed E-state index contributed by atoms with van der Waals surface area (Å²) in [5.41, 5.74) is 3.34. The Bertz CT molecular complexity index is 2020. The van der Waals surface area contributed by atoms with Crippen LogP contribution >= 0.6 is 56.5 Å². The number of benzene rings is 3. The van der Waals surface area contributed by atoms with Gasteiger partial charge in [-0.25, -0.2) is 14.6 Å². The maximum Gasteiger partial charge on any atom is 0.338 e. The number of ether oxygens (including phenoxy) is 4. The highest BCUT2D eigenvalue weighted by Gasteiger charge is 2.33.